The molecular formula is C28H48N4Ru2. The number of hydrogen-bond acceptors (Lipinski definition) is 0. The summed E-state index contributed by atoms with van der Waals surface area (Å²) in [5.74, 6) is 0. The molecule has 0 saturated carbocycles. The molecule has 0 aliphatic rings. The van der Waals surface area contributed by atoms with Gasteiger partial charge in [0, 0.05) is 0 Å². The van der Waals surface area contributed by atoms with Gasteiger partial charge in [-0.3, -0.25) is 0 Å². The Hall–Kier alpha value is -1.63. The van der Waals surface area contributed by atoms with Crippen molar-refractivity contribution >= 4 is 0 Å². The van der Waals surface area contributed by atoms with E-state index in [1.165, 1.54) is 0 Å². The normalized spacial score (nSPS) is 5.41. The average Bonchev–Trinajstić information content (AvgIpc) is 3.66. The summed E-state index contributed by atoms with van der Waals surface area (Å²) in [7, 11) is 0. The summed E-state index contributed by atoms with van der Waals surface area (Å²) >= 11 is 0. The summed E-state index contributed by atoms with van der Waals surface area (Å²) in [5, 5.41) is 0. The first-order valence-corrected chi connectivity index (χ1v) is 8.80. The third-order valence-electron chi connectivity index (χ3n) is 1.77. The Labute approximate surface area is 241 Å². The standard InChI is InChI=1S/4C4H4N.4C2H5.4CH3.2Ru/c4*1-2-4-5-3-1;4*1-2;;;;;;/h4*1-3,5H;4*1H2,2H3;4*1H3;;/q12*-1;2*+6. The van der Waals surface area contributed by atoms with Crippen LogP contribution in [0.2, 0.25) is 0 Å². The van der Waals surface area contributed by atoms with E-state index >= 15 is 0 Å². The molecule has 0 atom stereocenters. The first-order chi connectivity index (χ1) is 14.0. The van der Waals surface area contributed by atoms with Crippen LogP contribution in [0.4, 0.5) is 0 Å². The fraction of sp³-hybridized carbons (Fsp3) is 0.143. The predicted molar refractivity (Wildman–Crippen MR) is 148 cm³/mol. The van der Waals surface area contributed by atoms with E-state index in [4.69, 9.17) is 0 Å². The molecule has 0 bridgehead atoms. The third-order valence-corrected chi connectivity index (χ3v) is 1.77. The maximum absolute atomic E-state index is 3.25. The molecule has 0 amide bonds. The van der Waals surface area contributed by atoms with Crippen LogP contribution in [0.15, 0.2) is 73.3 Å². The number of rotatable bonds is 0. The average molecular weight is 643 g/mol. The summed E-state index contributed by atoms with van der Waals surface area (Å²) in [5.41, 5.74) is 0. The Balaban J connectivity index is -0.0000000244. The largest absolute Gasteiger partial charge is 6.00 e. The second kappa shape index (κ2) is 85.7. The Bertz CT molecular complexity index is 359. The summed E-state index contributed by atoms with van der Waals surface area (Å²) in [4.78, 5) is 10.9. The van der Waals surface area contributed by atoms with Crippen molar-refractivity contribution in [3.8, 4) is 0 Å². The first kappa shape index (κ1) is 63.7. The summed E-state index contributed by atoms with van der Waals surface area (Å²) < 4.78 is 0. The van der Waals surface area contributed by atoms with Crippen LogP contribution in [0.5, 0.6) is 0 Å². The number of aromatic amines is 4. The molecule has 0 unspecified atom stereocenters. The molecule has 4 rings (SSSR count). The van der Waals surface area contributed by atoms with Gasteiger partial charge >= 0.3 is 39.0 Å². The van der Waals surface area contributed by atoms with Crippen LogP contribution in [0.1, 0.15) is 27.7 Å². The number of aromatic nitrogens is 4. The van der Waals surface area contributed by atoms with Crippen molar-refractivity contribution in [3.63, 3.8) is 0 Å². The van der Waals surface area contributed by atoms with Gasteiger partial charge in [-0.2, -0.15) is 101 Å². The zero-order chi connectivity index (χ0) is 22.1. The van der Waals surface area contributed by atoms with Crippen LogP contribution >= 0.6 is 0 Å². The van der Waals surface area contributed by atoms with Crippen molar-refractivity contribution in [2.45, 2.75) is 27.7 Å². The van der Waals surface area contributed by atoms with Crippen LogP contribution in [0.3, 0.4) is 0 Å². The molecule has 34 heavy (non-hydrogen) atoms. The molecule has 196 valence electrons. The molecule has 0 spiro atoms. The van der Waals surface area contributed by atoms with Gasteiger partial charge < -0.3 is 77.3 Å². The van der Waals surface area contributed by atoms with Crippen molar-refractivity contribution < 1.29 is 39.0 Å². The second-order valence-electron chi connectivity index (χ2n) is 3.26. The molecule has 0 saturated heterocycles. The topological polar surface area (TPSA) is 63.2 Å². The van der Waals surface area contributed by atoms with Gasteiger partial charge in [-0.1, -0.05) is 0 Å². The van der Waals surface area contributed by atoms with E-state index in [2.05, 4.69) is 72.4 Å². The van der Waals surface area contributed by atoms with Crippen molar-refractivity contribution in [2.24, 2.45) is 0 Å². The zero-order valence-corrected chi connectivity index (χ0v) is 25.9. The van der Waals surface area contributed by atoms with Crippen LogP contribution < -0.4 is 0 Å². The van der Waals surface area contributed by atoms with Crippen molar-refractivity contribution in [1.29, 1.82) is 0 Å². The molecule has 0 aliphatic heterocycles. The van der Waals surface area contributed by atoms with E-state index in [0.717, 1.165) is 0 Å². The van der Waals surface area contributed by atoms with Gasteiger partial charge in [-0.25, -0.2) is 0 Å². The van der Waals surface area contributed by atoms with E-state index < -0.39 is 0 Å². The van der Waals surface area contributed by atoms with Crippen LogP contribution in [-0.4, -0.2) is 19.9 Å². The minimum absolute atomic E-state index is 0. The quantitative estimate of drug-likeness (QED) is 0.110. The van der Waals surface area contributed by atoms with Gasteiger partial charge in [0.05, 0.1) is 0 Å². The van der Waals surface area contributed by atoms with Gasteiger partial charge in [-0.15, -0.1) is 24.8 Å². The first-order valence-electron chi connectivity index (χ1n) is 8.80. The molecule has 0 fully saturated rings. The van der Waals surface area contributed by atoms with Crippen LogP contribution in [0, 0.1) is 82.2 Å². The van der Waals surface area contributed by atoms with Gasteiger partial charge in [0.15, 0.2) is 0 Å². The molecule has 4 aromatic heterocycles. The molecule has 0 radical (unpaired) electrons. The molecule has 0 aromatic carbocycles. The zero-order valence-electron chi connectivity index (χ0n) is 22.5. The molecule has 4 aromatic rings. The van der Waals surface area contributed by atoms with E-state index in [9.17, 15) is 0 Å². The van der Waals surface area contributed by atoms with Gasteiger partial charge in [0.25, 0.3) is 0 Å². The summed E-state index contributed by atoms with van der Waals surface area (Å²) in [6.07, 6.45) is 18.2. The smallest absolute Gasteiger partial charge is 0.484 e. The van der Waals surface area contributed by atoms with Crippen LogP contribution in [-0.2, 0) is 39.0 Å². The molecule has 0 aliphatic carbocycles. The van der Waals surface area contributed by atoms with Crippen LogP contribution in [0.25, 0.3) is 0 Å². The monoisotopic (exact) mass is 644 g/mol. The maximum atomic E-state index is 3.25. The summed E-state index contributed by atoms with van der Waals surface area (Å²) in [6, 6.07) is 14.8. The molecule has 4 nitrogen and oxygen atoms in total. The molecule has 4 heterocycles. The van der Waals surface area contributed by atoms with E-state index in [1.54, 1.807) is 27.7 Å². The van der Waals surface area contributed by atoms with Crippen molar-refractivity contribution in [1.82, 2.24) is 19.9 Å². The minimum Gasteiger partial charge on any atom is -0.484 e. The van der Waals surface area contributed by atoms with E-state index in [-0.39, 0.29) is 68.7 Å². The molecule has 6 heteroatoms. The Morgan fingerprint density at radius 3 is 0.559 bits per heavy atom. The second-order valence-corrected chi connectivity index (χ2v) is 3.26. The van der Waals surface area contributed by atoms with E-state index in [1.807, 2.05) is 73.3 Å². The fourth-order valence-electron chi connectivity index (χ4n) is 0.962. The van der Waals surface area contributed by atoms with Gasteiger partial charge in [0.1, 0.15) is 0 Å². The predicted octanol–water partition coefficient (Wildman–Crippen LogP) is 8.42. The van der Waals surface area contributed by atoms with E-state index in [0.29, 0.717) is 0 Å². The Morgan fingerprint density at radius 2 is 0.529 bits per heavy atom. The van der Waals surface area contributed by atoms with Crippen molar-refractivity contribution in [2.75, 3.05) is 0 Å². The maximum Gasteiger partial charge on any atom is 6.00 e. The van der Waals surface area contributed by atoms with Gasteiger partial charge in [0.2, 0.25) is 0 Å². The number of nitrogens with one attached hydrogen (secondary N) is 4. The molecule has 4 N–H and O–H groups in total. The third kappa shape index (κ3) is 77.6. The fourth-order valence-corrected chi connectivity index (χ4v) is 0.962. The van der Waals surface area contributed by atoms with Gasteiger partial charge in [-0.05, 0) is 0 Å². The number of hydrogen-bond donors (Lipinski definition) is 4. The minimum atomic E-state index is 0. The number of H-pyrrole nitrogens is 4. The summed E-state index contributed by atoms with van der Waals surface area (Å²) in [6.45, 7) is 20.0. The van der Waals surface area contributed by atoms with Crippen molar-refractivity contribution in [3.05, 3.63) is 156 Å². The Morgan fingerprint density at radius 1 is 0.382 bits per heavy atom. The molecular weight excluding hydrogens is 594 g/mol. The SMILES string of the molecule is [CH2-]C.[CH2-]C.[CH2-]C.[CH2-]C.[CH3-].[CH3-].[CH3-].[CH3-].[Ru+6].[Ru+6].[c-]1ccc[nH]1.[c-]1ccc[nH]1.[c-]1ccc[nH]1.[c-]1ccc[nH]1. The Kier molecular flexibility index (Phi) is 161.